The molecule has 0 aromatic heterocycles. The summed E-state index contributed by atoms with van der Waals surface area (Å²) in [6.07, 6.45) is -18.0. The summed E-state index contributed by atoms with van der Waals surface area (Å²) in [6, 6.07) is 3.57. The number of hydrogen-bond donors (Lipinski definition) is 1. The number of benzene rings is 2. The van der Waals surface area contributed by atoms with Crippen LogP contribution in [0.25, 0.3) is 11.1 Å². The summed E-state index contributed by atoms with van der Waals surface area (Å²) in [6.45, 7) is -1.11. The summed E-state index contributed by atoms with van der Waals surface area (Å²) in [5, 5.41) is 7.46. The van der Waals surface area contributed by atoms with Crippen molar-refractivity contribution >= 4 is 21.7 Å². The van der Waals surface area contributed by atoms with Crippen molar-refractivity contribution in [3.63, 3.8) is 0 Å². The van der Waals surface area contributed by atoms with E-state index < -0.39 is 110 Å². The maximum atomic E-state index is 14.1. The Bertz CT molecular complexity index is 1480. The number of amides is 1. The number of carbonyl (C=O) groups is 2. The van der Waals surface area contributed by atoms with Gasteiger partial charge in [-0.25, -0.2) is 13.2 Å². The number of carbonyl (C=O) groups excluding carboxylic acids is 1. The monoisotopic (exact) mass is 619 g/mol. The first-order chi connectivity index (χ1) is 18.7. The number of carboxylic acid groups (broad SMARTS) is 1. The van der Waals surface area contributed by atoms with Gasteiger partial charge in [-0.3, -0.25) is 4.79 Å². The van der Waals surface area contributed by atoms with Crippen LogP contribution in [0.2, 0.25) is 0 Å². The maximum Gasteiger partial charge on any atom is 0.573 e. The molecule has 224 valence electrons. The Kier molecular flexibility index (Phi) is 7.28. The van der Waals surface area contributed by atoms with Crippen molar-refractivity contribution in [2.24, 2.45) is 5.41 Å². The lowest BCUT2D eigenvalue weighted by Crippen LogP contribution is -2.48. The molecule has 0 spiro atoms. The standard InChI is InChI=1S/C24H18F9NO6S/c25-22(26,27)15-9-12(14-3-1-2-4-17(14)40-24(31,32)33)5-6-18(15)41(38,39)13-10-16(19(35)36)34(11-13)20(37)21(7-8-21)23(28,29)30/h1-6,9,13,16H,7-8,10-11H2,(H,35,36)/t13-,16+/m1/s1. The molecule has 0 unspecified atom stereocenters. The molecule has 0 radical (unpaired) electrons. The number of nitrogens with zero attached hydrogens (tertiary/aromatic N) is 1. The van der Waals surface area contributed by atoms with Gasteiger partial charge in [-0.15, -0.1) is 13.2 Å². The molecule has 2 aliphatic rings. The van der Waals surface area contributed by atoms with E-state index in [2.05, 4.69) is 4.74 Å². The first-order valence-electron chi connectivity index (χ1n) is 11.6. The highest BCUT2D eigenvalue weighted by molar-refractivity contribution is 7.92. The van der Waals surface area contributed by atoms with E-state index in [0.717, 1.165) is 24.3 Å². The number of carboxylic acids is 1. The van der Waals surface area contributed by atoms with Crippen molar-refractivity contribution in [3.8, 4) is 16.9 Å². The number of para-hydroxylation sites is 1. The molecule has 1 heterocycles. The number of likely N-dealkylation sites (tertiary alicyclic amines) is 1. The van der Waals surface area contributed by atoms with Gasteiger partial charge in [-0.1, -0.05) is 24.3 Å². The Morgan fingerprint density at radius 2 is 1.56 bits per heavy atom. The van der Waals surface area contributed by atoms with Crippen molar-refractivity contribution in [1.29, 1.82) is 0 Å². The van der Waals surface area contributed by atoms with Crippen LogP contribution in [0.15, 0.2) is 47.4 Å². The minimum Gasteiger partial charge on any atom is -0.480 e. The maximum absolute atomic E-state index is 14.1. The number of hydrogen-bond acceptors (Lipinski definition) is 5. The van der Waals surface area contributed by atoms with Crippen molar-refractivity contribution in [3.05, 3.63) is 48.0 Å². The number of ether oxygens (including phenoxy) is 1. The lowest BCUT2D eigenvalue weighted by Gasteiger charge is -2.28. The van der Waals surface area contributed by atoms with Crippen molar-refractivity contribution < 1.29 is 67.4 Å². The SMILES string of the molecule is O=C(O)[C@@H]1C[C@@H](S(=O)(=O)c2ccc(-c3ccccc3OC(F)(F)F)cc2C(F)(F)F)CN1C(=O)C1(C(F)(F)F)CC1. The van der Waals surface area contributed by atoms with Crippen LogP contribution in [0, 0.1) is 5.41 Å². The van der Waals surface area contributed by atoms with E-state index in [-0.39, 0.29) is 11.0 Å². The molecular weight excluding hydrogens is 601 g/mol. The van der Waals surface area contributed by atoms with E-state index >= 15 is 0 Å². The zero-order valence-electron chi connectivity index (χ0n) is 20.3. The normalized spacial score (nSPS) is 21.0. The third kappa shape index (κ3) is 5.67. The Balaban J connectivity index is 1.75. The van der Waals surface area contributed by atoms with Crippen LogP contribution in [0.1, 0.15) is 24.8 Å². The summed E-state index contributed by atoms with van der Waals surface area (Å²) in [7, 11) is -5.15. The molecule has 4 rings (SSSR count). The van der Waals surface area contributed by atoms with E-state index in [9.17, 15) is 62.6 Å². The van der Waals surface area contributed by atoms with Crippen LogP contribution >= 0.6 is 0 Å². The van der Waals surface area contributed by atoms with Crippen LogP contribution < -0.4 is 4.74 Å². The lowest BCUT2D eigenvalue weighted by atomic mass is 10.0. The van der Waals surface area contributed by atoms with Crippen LogP contribution in [0.3, 0.4) is 0 Å². The van der Waals surface area contributed by atoms with Crippen molar-refractivity contribution in [1.82, 2.24) is 4.90 Å². The summed E-state index contributed by atoms with van der Waals surface area (Å²) >= 11 is 0. The lowest BCUT2D eigenvalue weighted by molar-refractivity contribution is -0.274. The molecule has 1 amide bonds. The fourth-order valence-corrected chi connectivity index (χ4v) is 6.66. The highest BCUT2D eigenvalue weighted by Gasteiger charge is 2.70. The Hall–Kier alpha value is -3.50. The molecular formula is C24H18F9NO6S. The topological polar surface area (TPSA) is 101 Å². The third-order valence-corrected chi connectivity index (χ3v) is 9.15. The average Bonchev–Trinajstić information content (AvgIpc) is 3.54. The van der Waals surface area contributed by atoms with Crippen molar-refractivity contribution in [2.45, 2.75) is 54.2 Å². The van der Waals surface area contributed by atoms with Gasteiger partial charge in [-0.05, 0) is 43.0 Å². The first kappa shape index (κ1) is 30.5. The van der Waals surface area contributed by atoms with Gasteiger partial charge in [0.1, 0.15) is 17.2 Å². The van der Waals surface area contributed by atoms with E-state index in [1.807, 2.05) is 0 Å². The zero-order valence-corrected chi connectivity index (χ0v) is 21.1. The molecule has 1 saturated carbocycles. The van der Waals surface area contributed by atoms with Gasteiger partial charge in [0, 0.05) is 12.1 Å². The minimum absolute atomic E-state index is 0.220. The number of sulfone groups is 1. The molecule has 1 aliphatic carbocycles. The van der Waals surface area contributed by atoms with Gasteiger partial charge in [0.25, 0.3) is 0 Å². The van der Waals surface area contributed by atoms with Gasteiger partial charge >= 0.3 is 24.7 Å². The van der Waals surface area contributed by atoms with Crippen LogP contribution in [0.5, 0.6) is 5.75 Å². The molecule has 2 aromatic rings. The van der Waals surface area contributed by atoms with E-state index in [4.69, 9.17) is 0 Å². The number of aliphatic carboxylic acids is 1. The predicted molar refractivity (Wildman–Crippen MR) is 120 cm³/mol. The average molecular weight is 619 g/mol. The molecule has 2 atom stereocenters. The molecule has 17 heteroatoms. The first-order valence-corrected chi connectivity index (χ1v) is 13.1. The van der Waals surface area contributed by atoms with Gasteiger partial charge < -0.3 is 14.7 Å². The molecule has 0 bridgehead atoms. The summed E-state index contributed by atoms with van der Waals surface area (Å²) < 4.78 is 152. The van der Waals surface area contributed by atoms with Crippen LogP contribution in [0.4, 0.5) is 39.5 Å². The summed E-state index contributed by atoms with van der Waals surface area (Å²) in [5.41, 5.74) is -5.69. The second kappa shape index (κ2) is 9.80. The second-order valence-electron chi connectivity index (χ2n) is 9.55. The highest BCUT2D eigenvalue weighted by Crippen LogP contribution is 2.59. The van der Waals surface area contributed by atoms with Gasteiger partial charge in [0.05, 0.1) is 15.7 Å². The fraction of sp³-hybridized carbons (Fsp3) is 0.417. The number of rotatable bonds is 6. The molecule has 1 aliphatic heterocycles. The fourth-order valence-electron chi connectivity index (χ4n) is 4.76. The highest BCUT2D eigenvalue weighted by atomic mass is 32.2. The molecule has 2 fully saturated rings. The Labute approximate surface area is 225 Å². The molecule has 1 N–H and O–H groups in total. The van der Waals surface area contributed by atoms with Gasteiger partial charge in [-0.2, -0.15) is 26.3 Å². The zero-order chi connectivity index (χ0) is 30.8. The van der Waals surface area contributed by atoms with Crippen molar-refractivity contribution in [2.75, 3.05) is 6.54 Å². The molecule has 2 aromatic carbocycles. The largest absolute Gasteiger partial charge is 0.573 e. The summed E-state index contributed by atoms with van der Waals surface area (Å²) in [5.74, 6) is -4.40. The quantitative estimate of drug-likeness (QED) is 0.433. The van der Waals surface area contributed by atoms with Gasteiger partial charge in [0.15, 0.2) is 9.84 Å². The van der Waals surface area contributed by atoms with E-state index in [1.54, 1.807) is 0 Å². The summed E-state index contributed by atoms with van der Waals surface area (Å²) in [4.78, 5) is 23.3. The van der Waals surface area contributed by atoms with E-state index in [1.165, 1.54) is 6.07 Å². The van der Waals surface area contributed by atoms with Gasteiger partial charge in [0.2, 0.25) is 5.91 Å². The van der Waals surface area contributed by atoms with Crippen LogP contribution in [-0.2, 0) is 25.6 Å². The van der Waals surface area contributed by atoms with E-state index in [0.29, 0.717) is 6.07 Å². The Morgan fingerprint density at radius 3 is 2.07 bits per heavy atom. The smallest absolute Gasteiger partial charge is 0.480 e. The third-order valence-electron chi connectivity index (χ3n) is 6.96. The molecule has 1 saturated heterocycles. The molecule has 41 heavy (non-hydrogen) atoms. The molecule has 7 nitrogen and oxygen atoms in total. The minimum atomic E-state index is -5.40. The number of halogens is 9. The van der Waals surface area contributed by atoms with Crippen LogP contribution in [-0.4, -0.2) is 60.7 Å². The Morgan fingerprint density at radius 1 is 0.951 bits per heavy atom. The number of alkyl halides is 9. The second-order valence-corrected chi connectivity index (χ2v) is 11.7. The predicted octanol–water partition coefficient (Wildman–Crippen LogP) is 5.44.